The van der Waals surface area contributed by atoms with E-state index in [2.05, 4.69) is 4.72 Å². The summed E-state index contributed by atoms with van der Waals surface area (Å²) in [6.07, 6.45) is 0. The minimum absolute atomic E-state index is 0.0448. The molecule has 0 aliphatic carbocycles. The molecule has 0 radical (unpaired) electrons. The molecule has 118 valence electrons. The summed E-state index contributed by atoms with van der Waals surface area (Å²) in [6.45, 7) is 5.14. The standard InChI is InChI=1S/C13H19ClN2O4S/c1-13(2,3)15-21(18,19)11-8-9(6-7-10(11)14)12(17)16(4)20-5/h6-8,15H,1-5H3. The molecule has 0 saturated heterocycles. The number of hydrogen-bond acceptors (Lipinski definition) is 4. The molecular formula is C13H19ClN2O4S. The Bertz CT molecular complexity index is 638. The van der Waals surface area contributed by atoms with Crippen LogP contribution in [0, 0.1) is 0 Å². The topological polar surface area (TPSA) is 75.7 Å². The maximum atomic E-state index is 12.3. The molecule has 21 heavy (non-hydrogen) atoms. The summed E-state index contributed by atoms with van der Waals surface area (Å²) >= 11 is 5.95. The predicted octanol–water partition coefficient (Wildman–Crippen LogP) is 2.05. The molecule has 0 aliphatic heterocycles. The second kappa shape index (κ2) is 6.31. The number of nitrogens with one attached hydrogen (secondary N) is 1. The number of carbonyl (C=O) groups excluding carboxylic acids is 1. The molecule has 1 aromatic rings. The van der Waals surface area contributed by atoms with Gasteiger partial charge < -0.3 is 0 Å². The number of amides is 1. The Labute approximate surface area is 130 Å². The highest BCUT2D eigenvalue weighted by molar-refractivity contribution is 7.89. The molecule has 8 heteroatoms. The van der Waals surface area contributed by atoms with Gasteiger partial charge in [0.1, 0.15) is 4.90 Å². The van der Waals surface area contributed by atoms with Gasteiger partial charge in [0.05, 0.1) is 12.1 Å². The van der Waals surface area contributed by atoms with E-state index in [4.69, 9.17) is 16.4 Å². The van der Waals surface area contributed by atoms with Crippen LogP contribution in [-0.2, 0) is 14.9 Å². The molecule has 0 heterocycles. The summed E-state index contributed by atoms with van der Waals surface area (Å²) in [7, 11) is -1.06. The van der Waals surface area contributed by atoms with Gasteiger partial charge in [-0.05, 0) is 39.0 Å². The Morgan fingerprint density at radius 3 is 2.38 bits per heavy atom. The van der Waals surface area contributed by atoms with Gasteiger partial charge in [-0.2, -0.15) is 0 Å². The zero-order chi connectivity index (χ0) is 16.4. The monoisotopic (exact) mass is 334 g/mol. The van der Waals surface area contributed by atoms with E-state index in [9.17, 15) is 13.2 Å². The van der Waals surface area contributed by atoms with Crippen molar-refractivity contribution in [2.75, 3.05) is 14.2 Å². The third-order valence-corrected chi connectivity index (χ3v) is 4.71. The van der Waals surface area contributed by atoms with Gasteiger partial charge in [-0.25, -0.2) is 18.2 Å². The van der Waals surface area contributed by atoms with E-state index in [0.717, 1.165) is 5.06 Å². The van der Waals surface area contributed by atoms with Gasteiger partial charge >= 0.3 is 0 Å². The molecule has 0 atom stereocenters. The first kappa shape index (κ1) is 17.9. The Morgan fingerprint density at radius 1 is 1.33 bits per heavy atom. The quantitative estimate of drug-likeness (QED) is 0.855. The van der Waals surface area contributed by atoms with Crippen LogP contribution in [0.25, 0.3) is 0 Å². The highest BCUT2D eigenvalue weighted by atomic mass is 35.5. The van der Waals surface area contributed by atoms with Crippen LogP contribution in [0.5, 0.6) is 0 Å². The van der Waals surface area contributed by atoms with Crippen LogP contribution < -0.4 is 4.72 Å². The van der Waals surface area contributed by atoms with Crippen molar-refractivity contribution in [2.24, 2.45) is 0 Å². The average Bonchev–Trinajstić information content (AvgIpc) is 2.34. The first-order valence-corrected chi connectivity index (χ1v) is 8.00. The van der Waals surface area contributed by atoms with Crippen molar-refractivity contribution in [1.29, 1.82) is 0 Å². The van der Waals surface area contributed by atoms with E-state index in [1.54, 1.807) is 20.8 Å². The Balaban J connectivity index is 3.29. The molecule has 6 nitrogen and oxygen atoms in total. The van der Waals surface area contributed by atoms with Crippen molar-refractivity contribution in [3.63, 3.8) is 0 Å². The van der Waals surface area contributed by atoms with Crippen molar-refractivity contribution in [3.05, 3.63) is 28.8 Å². The third-order valence-electron chi connectivity index (χ3n) is 2.47. The number of sulfonamides is 1. The van der Waals surface area contributed by atoms with Gasteiger partial charge in [-0.15, -0.1) is 0 Å². The SMILES string of the molecule is CON(C)C(=O)c1ccc(Cl)c(S(=O)(=O)NC(C)(C)C)c1. The zero-order valence-electron chi connectivity index (χ0n) is 12.6. The Morgan fingerprint density at radius 2 is 1.90 bits per heavy atom. The molecular weight excluding hydrogens is 316 g/mol. The lowest BCUT2D eigenvalue weighted by atomic mass is 10.1. The molecule has 0 aliphatic rings. The molecule has 0 bridgehead atoms. The second-order valence-electron chi connectivity index (χ2n) is 5.49. The van der Waals surface area contributed by atoms with E-state index >= 15 is 0 Å². The minimum atomic E-state index is -3.83. The van der Waals surface area contributed by atoms with Crippen molar-refractivity contribution in [2.45, 2.75) is 31.2 Å². The average molecular weight is 335 g/mol. The fourth-order valence-corrected chi connectivity index (χ4v) is 3.51. The summed E-state index contributed by atoms with van der Waals surface area (Å²) < 4.78 is 27.2. The number of rotatable bonds is 4. The highest BCUT2D eigenvalue weighted by Crippen LogP contribution is 2.24. The number of nitrogens with zero attached hydrogens (tertiary/aromatic N) is 1. The second-order valence-corrected chi connectivity index (χ2v) is 7.54. The van der Waals surface area contributed by atoms with Gasteiger partial charge in [0.2, 0.25) is 10.0 Å². The van der Waals surface area contributed by atoms with Gasteiger partial charge in [-0.3, -0.25) is 9.63 Å². The Kier molecular flexibility index (Phi) is 5.38. The molecule has 0 aromatic heterocycles. The van der Waals surface area contributed by atoms with Gasteiger partial charge in [0.15, 0.2) is 0 Å². The first-order chi connectivity index (χ1) is 9.48. The lowest BCUT2D eigenvalue weighted by molar-refractivity contribution is -0.0757. The van der Waals surface area contributed by atoms with Crippen molar-refractivity contribution >= 4 is 27.5 Å². The molecule has 0 spiro atoms. The lowest BCUT2D eigenvalue weighted by Crippen LogP contribution is -2.40. The number of benzene rings is 1. The van der Waals surface area contributed by atoms with Crippen LogP contribution in [0.1, 0.15) is 31.1 Å². The number of hydroxylamine groups is 2. The van der Waals surface area contributed by atoms with Gasteiger partial charge in [0.25, 0.3) is 5.91 Å². The van der Waals surface area contributed by atoms with Gasteiger partial charge in [-0.1, -0.05) is 11.6 Å². The van der Waals surface area contributed by atoms with E-state index in [-0.39, 0.29) is 15.5 Å². The van der Waals surface area contributed by atoms with E-state index in [1.807, 2.05) is 0 Å². The molecule has 0 fully saturated rings. The number of halogens is 1. The first-order valence-electron chi connectivity index (χ1n) is 6.13. The molecule has 1 amide bonds. The fourth-order valence-electron chi connectivity index (χ4n) is 1.57. The lowest BCUT2D eigenvalue weighted by Gasteiger charge is -2.21. The van der Waals surface area contributed by atoms with E-state index in [1.165, 1.54) is 32.4 Å². The summed E-state index contributed by atoms with van der Waals surface area (Å²) in [4.78, 5) is 16.6. The minimum Gasteiger partial charge on any atom is -0.274 e. The number of carbonyl (C=O) groups is 1. The Hall–Kier alpha value is -1.15. The normalized spacial score (nSPS) is 12.3. The zero-order valence-corrected chi connectivity index (χ0v) is 14.2. The third kappa shape index (κ3) is 4.67. The van der Waals surface area contributed by atoms with Crippen molar-refractivity contribution < 1.29 is 18.0 Å². The highest BCUT2D eigenvalue weighted by Gasteiger charge is 2.25. The van der Waals surface area contributed by atoms with E-state index < -0.39 is 21.5 Å². The number of hydrogen-bond donors (Lipinski definition) is 1. The van der Waals surface area contributed by atoms with Crippen molar-refractivity contribution in [1.82, 2.24) is 9.79 Å². The summed E-state index contributed by atoms with van der Waals surface area (Å²) in [5.74, 6) is -0.471. The summed E-state index contributed by atoms with van der Waals surface area (Å²) in [6, 6.07) is 4.04. The largest absolute Gasteiger partial charge is 0.277 e. The molecule has 1 aromatic carbocycles. The molecule has 0 saturated carbocycles. The van der Waals surface area contributed by atoms with E-state index in [0.29, 0.717) is 0 Å². The maximum absolute atomic E-state index is 12.3. The van der Waals surface area contributed by atoms with Crippen LogP contribution in [0.3, 0.4) is 0 Å². The van der Waals surface area contributed by atoms with Gasteiger partial charge in [0, 0.05) is 18.2 Å². The predicted molar refractivity (Wildman–Crippen MR) is 80.6 cm³/mol. The van der Waals surface area contributed by atoms with Crippen LogP contribution in [0.2, 0.25) is 5.02 Å². The fraction of sp³-hybridized carbons (Fsp3) is 0.462. The molecule has 1 rings (SSSR count). The summed E-state index contributed by atoms with van der Waals surface area (Å²) in [5.41, 5.74) is -0.496. The van der Waals surface area contributed by atoms with Crippen LogP contribution in [-0.4, -0.2) is 39.1 Å². The van der Waals surface area contributed by atoms with Crippen LogP contribution >= 0.6 is 11.6 Å². The maximum Gasteiger partial charge on any atom is 0.277 e. The molecule has 1 N–H and O–H groups in total. The van der Waals surface area contributed by atoms with Crippen LogP contribution in [0.15, 0.2) is 23.1 Å². The molecule has 0 unspecified atom stereocenters. The van der Waals surface area contributed by atoms with Crippen LogP contribution in [0.4, 0.5) is 0 Å². The smallest absolute Gasteiger partial charge is 0.274 e. The summed E-state index contributed by atoms with van der Waals surface area (Å²) in [5, 5.41) is 1.04. The van der Waals surface area contributed by atoms with Crippen molar-refractivity contribution in [3.8, 4) is 0 Å².